The Hall–Kier alpha value is -3.02. The van der Waals surface area contributed by atoms with Gasteiger partial charge in [0.25, 0.3) is 0 Å². The molecule has 0 aliphatic rings. The third-order valence-electron chi connectivity index (χ3n) is 2.94. The number of carbonyl (C=O) groups is 2. The number of ether oxygens (including phenoxy) is 3. The summed E-state index contributed by atoms with van der Waals surface area (Å²) in [5.74, 6) is -2.15. The smallest absolute Gasteiger partial charge is 0.377 e. The van der Waals surface area contributed by atoms with E-state index < -0.39 is 11.9 Å². The summed E-state index contributed by atoms with van der Waals surface area (Å²) < 4.78 is 14.7. The Bertz CT molecular complexity index is 747. The number of carboxylic acid groups (broad SMARTS) is 1. The fourth-order valence-electron chi connectivity index (χ4n) is 2.00. The molecule has 0 fully saturated rings. The first-order valence-electron chi connectivity index (χ1n) is 6.32. The van der Waals surface area contributed by atoms with E-state index in [0.717, 1.165) is 11.6 Å². The predicted molar refractivity (Wildman–Crippen MR) is 78.6 cm³/mol. The van der Waals surface area contributed by atoms with Crippen molar-refractivity contribution in [3.05, 3.63) is 54.0 Å². The quantitative estimate of drug-likeness (QED) is 0.519. The van der Waals surface area contributed by atoms with E-state index >= 15 is 0 Å². The lowest BCUT2D eigenvalue weighted by molar-refractivity contribution is -0.138. The highest BCUT2D eigenvalue weighted by Crippen LogP contribution is 2.29. The molecule has 22 heavy (non-hydrogen) atoms. The summed E-state index contributed by atoms with van der Waals surface area (Å²) in [4.78, 5) is 23.2. The van der Waals surface area contributed by atoms with E-state index in [1.54, 1.807) is 30.3 Å². The number of fused-ring (bicyclic) bond motifs is 1. The molecule has 2 aromatic rings. The van der Waals surface area contributed by atoms with Gasteiger partial charge in [-0.2, -0.15) is 0 Å². The number of methoxy groups -OCH3 is 2. The van der Waals surface area contributed by atoms with Crippen LogP contribution >= 0.6 is 0 Å². The second kappa shape index (κ2) is 6.62. The average molecular weight is 302 g/mol. The van der Waals surface area contributed by atoms with E-state index in [0.29, 0.717) is 5.39 Å². The molecule has 0 amide bonds. The van der Waals surface area contributed by atoms with Gasteiger partial charge in [-0.15, -0.1) is 0 Å². The van der Waals surface area contributed by atoms with Gasteiger partial charge in [-0.25, -0.2) is 9.59 Å². The highest BCUT2D eigenvalue weighted by molar-refractivity contribution is 6.06. The molecule has 0 unspecified atom stereocenters. The zero-order chi connectivity index (χ0) is 16.1. The Balaban J connectivity index is 2.55. The molecule has 6 nitrogen and oxygen atoms in total. The first-order chi connectivity index (χ1) is 10.6. The van der Waals surface area contributed by atoms with Gasteiger partial charge in [-0.1, -0.05) is 30.3 Å². The number of carbonyl (C=O) groups excluding carboxylic acids is 1. The monoisotopic (exact) mass is 302 g/mol. The van der Waals surface area contributed by atoms with Crippen LogP contribution in [0.4, 0.5) is 0 Å². The van der Waals surface area contributed by atoms with E-state index in [1.807, 2.05) is 0 Å². The van der Waals surface area contributed by atoms with E-state index in [9.17, 15) is 14.7 Å². The minimum atomic E-state index is -1.16. The van der Waals surface area contributed by atoms with Crippen LogP contribution in [-0.2, 0) is 14.3 Å². The predicted octanol–water partition coefficient (Wildman–Crippen LogP) is 2.58. The van der Waals surface area contributed by atoms with E-state index in [4.69, 9.17) is 9.47 Å². The fraction of sp³-hybridized carbons (Fsp3) is 0.125. The topological polar surface area (TPSA) is 82.1 Å². The van der Waals surface area contributed by atoms with Crippen molar-refractivity contribution in [1.29, 1.82) is 0 Å². The van der Waals surface area contributed by atoms with Crippen molar-refractivity contribution >= 4 is 22.7 Å². The third-order valence-corrected chi connectivity index (χ3v) is 2.94. The van der Waals surface area contributed by atoms with Gasteiger partial charge in [0.2, 0.25) is 5.76 Å². The summed E-state index contributed by atoms with van der Waals surface area (Å²) in [5.41, 5.74) is -0.0380. The molecular formula is C16H14O6. The van der Waals surface area contributed by atoms with Gasteiger partial charge in [0.15, 0.2) is 0 Å². The average Bonchev–Trinajstić information content (AvgIpc) is 2.53. The van der Waals surface area contributed by atoms with Crippen molar-refractivity contribution < 1.29 is 28.9 Å². The standard InChI is InChI=1S/C16H14O6/c1-20-9-13(16(19)21-2)22-12-8-7-10-5-3-4-6-11(10)14(12)15(17)18/h3-9H,1-2H3,(H,17,18)/b13-9+. The van der Waals surface area contributed by atoms with Gasteiger partial charge in [0.05, 0.1) is 14.2 Å². The van der Waals surface area contributed by atoms with Gasteiger partial charge in [-0.3, -0.25) is 0 Å². The molecule has 2 rings (SSSR count). The van der Waals surface area contributed by atoms with Crippen molar-refractivity contribution in [2.24, 2.45) is 0 Å². The first kappa shape index (κ1) is 15.4. The molecule has 1 N–H and O–H groups in total. The maximum absolute atomic E-state index is 11.6. The number of hydrogen-bond acceptors (Lipinski definition) is 5. The molecular weight excluding hydrogens is 288 g/mol. The van der Waals surface area contributed by atoms with Crippen LogP contribution in [0.2, 0.25) is 0 Å². The molecule has 2 aromatic carbocycles. The summed E-state index contributed by atoms with van der Waals surface area (Å²) in [6.45, 7) is 0. The number of hydrogen-bond donors (Lipinski definition) is 1. The largest absolute Gasteiger partial charge is 0.500 e. The number of benzene rings is 2. The van der Waals surface area contributed by atoms with E-state index in [-0.39, 0.29) is 17.1 Å². The lowest BCUT2D eigenvalue weighted by Crippen LogP contribution is -2.13. The molecule has 0 atom stereocenters. The Kier molecular flexibility index (Phi) is 4.63. The highest BCUT2D eigenvalue weighted by Gasteiger charge is 2.20. The summed E-state index contributed by atoms with van der Waals surface area (Å²) in [6, 6.07) is 10.2. The van der Waals surface area contributed by atoms with Crippen LogP contribution in [0.3, 0.4) is 0 Å². The molecule has 0 spiro atoms. The van der Waals surface area contributed by atoms with Crippen LogP contribution < -0.4 is 4.74 Å². The zero-order valence-corrected chi connectivity index (χ0v) is 12.0. The summed E-state index contributed by atoms with van der Waals surface area (Å²) >= 11 is 0. The van der Waals surface area contributed by atoms with E-state index in [1.165, 1.54) is 20.3 Å². The van der Waals surface area contributed by atoms with Crippen molar-refractivity contribution in [2.45, 2.75) is 0 Å². The highest BCUT2D eigenvalue weighted by atomic mass is 16.6. The second-order valence-electron chi connectivity index (χ2n) is 4.28. The molecule has 0 aliphatic carbocycles. The molecule has 0 saturated carbocycles. The molecule has 0 aliphatic heterocycles. The van der Waals surface area contributed by atoms with Crippen LogP contribution in [0.5, 0.6) is 5.75 Å². The minimum absolute atomic E-state index is 0.0277. The van der Waals surface area contributed by atoms with Crippen molar-refractivity contribution in [3.63, 3.8) is 0 Å². The van der Waals surface area contributed by atoms with Crippen LogP contribution in [-0.4, -0.2) is 31.3 Å². The zero-order valence-electron chi connectivity index (χ0n) is 12.0. The van der Waals surface area contributed by atoms with Gasteiger partial charge in [0, 0.05) is 0 Å². The SMILES string of the molecule is CO/C=C(/Oc1ccc2ccccc2c1C(=O)O)C(=O)OC. The molecule has 0 aromatic heterocycles. The number of aromatic carboxylic acids is 1. The van der Waals surface area contributed by atoms with Crippen molar-refractivity contribution in [2.75, 3.05) is 14.2 Å². The Morgan fingerprint density at radius 1 is 1.09 bits per heavy atom. The molecule has 114 valence electrons. The summed E-state index contributed by atoms with van der Waals surface area (Å²) in [5, 5.41) is 10.7. The van der Waals surface area contributed by atoms with Crippen LogP contribution in [0.25, 0.3) is 10.8 Å². The second-order valence-corrected chi connectivity index (χ2v) is 4.28. The molecule has 0 saturated heterocycles. The van der Waals surface area contributed by atoms with Gasteiger partial charge in [-0.05, 0) is 16.8 Å². The lowest BCUT2D eigenvalue weighted by atomic mass is 10.0. The summed E-state index contributed by atoms with van der Waals surface area (Å²) in [7, 11) is 2.53. The molecule has 0 bridgehead atoms. The normalized spacial score (nSPS) is 11.1. The Morgan fingerprint density at radius 3 is 2.45 bits per heavy atom. The molecule has 6 heteroatoms. The maximum Gasteiger partial charge on any atom is 0.377 e. The minimum Gasteiger partial charge on any atom is -0.500 e. The third kappa shape index (κ3) is 3.01. The number of rotatable bonds is 5. The fourth-order valence-corrected chi connectivity index (χ4v) is 2.00. The van der Waals surface area contributed by atoms with Gasteiger partial charge in [0.1, 0.15) is 17.6 Å². The van der Waals surface area contributed by atoms with Crippen LogP contribution in [0.1, 0.15) is 10.4 Å². The molecule has 0 radical (unpaired) electrons. The lowest BCUT2D eigenvalue weighted by Gasteiger charge is -2.12. The Morgan fingerprint density at radius 2 is 1.82 bits per heavy atom. The maximum atomic E-state index is 11.6. The van der Waals surface area contributed by atoms with Crippen molar-refractivity contribution in [3.8, 4) is 5.75 Å². The summed E-state index contributed by atoms with van der Waals surface area (Å²) in [6.07, 6.45) is 1.05. The Labute approximate surface area is 126 Å². The first-order valence-corrected chi connectivity index (χ1v) is 6.32. The van der Waals surface area contributed by atoms with Crippen molar-refractivity contribution in [1.82, 2.24) is 0 Å². The van der Waals surface area contributed by atoms with E-state index in [2.05, 4.69) is 4.74 Å². The van der Waals surface area contributed by atoms with Gasteiger partial charge < -0.3 is 19.3 Å². The van der Waals surface area contributed by atoms with Crippen LogP contribution in [0, 0.1) is 0 Å². The van der Waals surface area contributed by atoms with Gasteiger partial charge >= 0.3 is 11.9 Å². The van der Waals surface area contributed by atoms with Crippen LogP contribution in [0.15, 0.2) is 48.4 Å². The number of esters is 1. The number of carboxylic acids is 1. The molecule has 0 heterocycles.